The summed E-state index contributed by atoms with van der Waals surface area (Å²) in [6, 6.07) is 6.59. The standard InChI is InChI=1S/C18H31N3O3S/c1-6-8-9-15(7-2)14-19-18(22)16-10-12-17(13-11-16)21(5)25(23,24)20(3)4/h10-13,15H,6-9,14H2,1-5H3,(H,19,22). The van der Waals surface area contributed by atoms with Crippen molar-refractivity contribution in [2.75, 3.05) is 32.0 Å². The zero-order valence-electron chi connectivity index (χ0n) is 15.9. The number of carbonyl (C=O) groups excluding carboxylic acids is 1. The summed E-state index contributed by atoms with van der Waals surface area (Å²) >= 11 is 0. The van der Waals surface area contributed by atoms with Gasteiger partial charge in [0.05, 0.1) is 5.69 Å². The van der Waals surface area contributed by atoms with Crippen LogP contribution in [0, 0.1) is 5.92 Å². The van der Waals surface area contributed by atoms with Gasteiger partial charge in [-0.3, -0.25) is 9.10 Å². The molecule has 0 aliphatic heterocycles. The third-order valence-electron chi connectivity index (χ3n) is 4.40. The van der Waals surface area contributed by atoms with Gasteiger partial charge in [-0.15, -0.1) is 0 Å². The van der Waals surface area contributed by atoms with Crippen LogP contribution in [-0.4, -0.2) is 46.3 Å². The normalized spacial score (nSPS) is 12.9. The Labute approximate surface area is 152 Å². The zero-order valence-corrected chi connectivity index (χ0v) is 16.8. The molecule has 1 rings (SSSR count). The van der Waals surface area contributed by atoms with Crippen LogP contribution in [0.1, 0.15) is 49.9 Å². The van der Waals surface area contributed by atoms with Crippen LogP contribution in [0.2, 0.25) is 0 Å². The van der Waals surface area contributed by atoms with E-state index in [0.717, 1.165) is 23.6 Å². The van der Waals surface area contributed by atoms with Crippen molar-refractivity contribution in [3.05, 3.63) is 29.8 Å². The van der Waals surface area contributed by atoms with E-state index in [1.807, 2.05) is 0 Å². The molecule has 0 spiro atoms. The van der Waals surface area contributed by atoms with E-state index in [-0.39, 0.29) is 5.91 Å². The highest BCUT2D eigenvalue weighted by molar-refractivity contribution is 7.90. The average Bonchev–Trinajstić information content (AvgIpc) is 2.61. The first-order chi connectivity index (χ1) is 11.7. The van der Waals surface area contributed by atoms with Crippen LogP contribution in [0.4, 0.5) is 5.69 Å². The molecule has 1 atom stereocenters. The Kier molecular flexibility index (Phi) is 8.38. The molecule has 0 heterocycles. The summed E-state index contributed by atoms with van der Waals surface area (Å²) < 4.78 is 26.6. The van der Waals surface area contributed by atoms with E-state index in [9.17, 15) is 13.2 Å². The number of anilines is 1. The van der Waals surface area contributed by atoms with E-state index in [1.54, 1.807) is 24.3 Å². The minimum Gasteiger partial charge on any atom is -0.352 e. The highest BCUT2D eigenvalue weighted by Gasteiger charge is 2.21. The fraction of sp³-hybridized carbons (Fsp3) is 0.611. The van der Waals surface area contributed by atoms with Gasteiger partial charge in [0.2, 0.25) is 0 Å². The van der Waals surface area contributed by atoms with Crippen LogP contribution in [0.15, 0.2) is 24.3 Å². The second-order valence-corrected chi connectivity index (χ2v) is 8.60. The van der Waals surface area contributed by atoms with Gasteiger partial charge in [-0.1, -0.05) is 33.1 Å². The molecule has 1 amide bonds. The van der Waals surface area contributed by atoms with Crippen molar-refractivity contribution < 1.29 is 13.2 Å². The number of amides is 1. The first-order valence-electron chi connectivity index (χ1n) is 8.78. The van der Waals surface area contributed by atoms with Crippen LogP contribution in [0.5, 0.6) is 0 Å². The van der Waals surface area contributed by atoms with Gasteiger partial charge in [0.15, 0.2) is 0 Å². The Bertz CT molecular complexity index is 642. The van der Waals surface area contributed by atoms with Gasteiger partial charge in [-0.05, 0) is 36.6 Å². The van der Waals surface area contributed by atoms with Crippen molar-refractivity contribution >= 4 is 21.8 Å². The molecular weight excluding hydrogens is 338 g/mol. The number of nitrogens with zero attached hydrogens (tertiary/aromatic N) is 2. The van der Waals surface area contributed by atoms with E-state index in [4.69, 9.17) is 0 Å². The molecule has 25 heavy (non-hydrogen) atoms. The minimum atomic E-state index is -3.53. The number of carbonyl (C=O) groups is 1. The maximum absolute atomic E-state index is 12.3. The number of hydrogen-bond acceptors (Lipinski definition) is 3. The monoisotopic (exact) mass is 369 g/mol. The van der Waals surface area contributed by atoms with Gasteiger partial charge in [0, 0.05) is 33.3 Å². The molecule has 1 unspecified atom stereocenters. The van der Waals surface area contributed by atoms with Crippen molar-refractivity contribution in [1.82, 2.24) is 9.62 Å². The topological polar surface area (TPSA) is 69.7 Å². The summed E-state index contributed by atoms with van der Waals surface area (Å²) in [6.07, 6.45) is 4.51. The van der Waals surface area contributed by atoms with Gasteiger partial charge < -0.3 is 5.32 Å². The molecule has 0 radical (unpaired) electrons. The summed E-state index contributed by atoms with van der Waals surface area (Å²) in [4.78, 5) is 12.3. The van der Waals surface area contributed by atoms with Crippen LogP contribution < -0.4 is 9.62 Å². The second kappa shape index (κ2) is 9.77. The number of rotatable bonds is 10. The molecule has 0 saturated carbocycles. The predicted octanol–water partition coefficient (Wildman–Crippen LogP) is 2.88. The first kappa shape index (κ1) is 21.4. The van der Waals surface area contributed by atoms with Gasteiger partial charge in [0.25, 0.3) is 5.91 Å². The Hall–Kier alpha value is -1.60. The molecule has 0 saturated heterocycles. The summed E-state index contributed by atoms with van der Waals surface area (Å²) in [5.41, 5.74) is 1.05. The molecule has 6 nitrogen and oxygen atoms in total. The van der Waals surface area contributed by atoms with E-state index in [1.165, 1.54) is 31.9 Å². The number of nitrogens with one attached hydrogen (secondary N) is 1. The SMILES string of the molecule is CCCCC(CC)CNC(=O)c1ccc(N(C)S(=O)(=O)N(C)C)cc1. The fourth-order valence-corrected chi connectivity index (χ4v) is 3.36. The molecule has 0 bridgehead atoms. The van der Waals surface area contributed by atoms with Gasteiger partial charge in [-0.2, -0.15) is 12.7 Å². The van der Waals surface area contributed by atoms with E-state index in [0.29, 0.717) is 23.7 Å². The molecular formula is C18H31N3O3S. The molecule has 1 N–H and O–H groups in total. The lowest BCUT2D eigenvalue weighted by atomic mass is 9.99. The van der Waals surface area contributed by atoms with Crippen molar-refractivity contribution in [3.8, 4) is 0 Å². The summed E-state index contributed by atoms with van der Waals surface area (Å²) in [5.74, 6) is 0.374. The van der Waals surface area contributed by atoms with Crippen molar-refractivity contribution in [3.63, 3.8) is 0 Å². The lowest BCUT2D eigenvalue weighted by Gasteiger charge is -2.23. The number of unbranched alkanes of at least 4 members (excludes halogenated alkanes) is 1. The molecule has 0 aliphatic rings. The third kappa shape index (κ3) is 6.01. The minimum absolute atomic E-state index is 0.125. The van der Waals surface area contributed by atoms with Crippen LogP contribution in [0.3, 0.4) is 0 Å². The van der Waals surface area contributed by atoms with E-state index < -0.39 is 10.2 Å². The second-order valence-electron chi connectivity index (χ2n) is 6.43. The Morgan fingerprint density at radius 1 is 1.12 bits per heavy atom. The smallest absolute Gasteiger partial charge is 0.303 e. The fourth-order valence-electron chi connectivity index (χ4n) is 2.48. The lowest BCUT2D eigenvalue weighted by Crippen LogP contribution is -2.37. The molecule has 1 aromatic rings. The first-order valence-corrected chi connectivity index (χ1v) is 10.2. The Morgan fingerprint density at radius 3 is 2.20 bits per heavy atom. The van der Waals surface area contributed by atoms with Crippen LogP contribution in [0.25, 0.3) is 0 Å². The molecule has 0 aliphatic carbocycles. The lowest BCUT2D eigenvalue weighted by molar-refractivity contribution is 0.0946. The van der Waals surface area contributed by atoms with Crippen LogP contribution >= 0.6 is 0 Å². The summed E-state index contributed by atoms with van der Waals surface area (Å²) in [7, 11) is 0.924. The molecule has 142 valence electrons. The quantitative estimate of drug-likeness (QED) is 0.689. The highest BCUT2D eigenvalue weighted by atomic mass is 32.2. The van der Waals surface area contributed by atoms with Gasteiger partial charge in [-0.25, -0.2) is 0 Å². The number of hydrogen-bond donors (Lipinski definition) is 1. The van der Waals surface area contributed by atoms with Crippen LogP contribution in [-0.2, 0) is 10.2 Å². The summed E-state index contributed by atoms with van der Waals surface area (Å²) in [6.45, 7) is 4.98. The summed E-state index contributed by atoms with van der Waals surface area (Å²) in [5, 5.41) is 2.98. The zero-order chi connectivity index (χ0) is 19.0. The maximum Gasteiger partial charge on any atom is 0.303 e. The average molecular weight is 370 g/mol. The van der Waals surface area contributed by atoms with Gasteiger partial charge in [0.1, 0.15) is 0 Å². The van der Waals surface area contributed by atoms with E-state index in [2.05, 4.69) is 19.2 Å². The molecule has 1 aromatic carbocycles. The van der Waals surface area contributed by atoms with Gasteiger partial charge >= 0.3 is 10.2 Å². The molecule has 7 heteroatoms. The van der Waals surface area contributed by atoms with Crippen molar-refractivity contribution in [1.29, 1.82) is 0 Å². The predicted molar refractivity (Wildman–Crippen MR) is 103 cm³/mol. The highest BCUT2D eigenvalue weighted by Crippen LogP contribution is 2.18. The number of benzene rings is 1. The largest absolute Gasteiger partial charge is 0.352 e. The van der Waals surface area contributed by atoms with Crippen molar-refractivity contribution in [2.45, 2.75) is 39.5 Å². The molecule has 0 fully saturated rings. The Morgan fingerprint density at radius 2 is 1.72 bits per heavy atom. The third-order valence-corrected chi connectivity index (χ3v) is 6.22. The Balaban J connectivity index is 2.71. The molecule has 0 aromatic heterocycles. The van der Waals surface area contributed by atoms with Crippen molar-refractivity contribution in [2.24, 2.45) is 5.92 Å². The maximum atomic E-state index is 12.3. The van der Waals surface area contributed by atoms with E-state index >= 15 is 0 Å².